The smallest absolute Gasteiger partial charge is 0.295 e. The Morgan fingerprint density at radius 2 is 2.06 bits per heavy atom. The first-order chi connectivity index (χ1) is 17.0. The molecule has 5 rings (SSSR count). The molecule has 0 N–H and O–H groups in total. The van der Waals surface area contributed by atoms with E-state index in [2.05, 4.69) is 9.88 Å². The molecule has 4 aromatic rings. The van der Waals surface area contributed by atoms with Crippen molar-refractivity contribution in [1.82, 2.24) is 9.88 Å². The number of nitrogens with zero attached hydrogens (tertiary/aromatic N) is 3. The van der Waals surface area contributed by atoms with Crippen LogP contribution in [0.3, 0.4) is 0 Å². The maximum Gasteiger partial charge on any atom is 0.295 e. The van der Waals surface area contributed by atoms with Crippen LogP contribution < -0.4 is 9.64 Å². The minimum atomic E-state index is -0.756. The molecule has 10 heteroatoms. The van der Waals surface area contributed by atoms with Gasteiger partial charge in [0, 0.05) is 37.6 Å². The van der Waals surface area contributed by atoms with Crippen molar-refractivity contribution in [2.75, 3.05) is 50.9 Å². The molecule has 184 valence electrons. The number of halogens is 2. The zero-order chi connectivity index (χ0) is 24.4. The third-order valence-electron chi connectivity index (χ3n) is 5.86. The fraction of sp³-hybridized carbons (Fsp3) is 0.360. The van der Waals surface area contributed by atoms with E-state index in [1.54, 1.807) is 12.1 Å². The first-order valence-electron chi connectivity index (χ1n) is 11.6. The quantitative estimate of drug-likeness (QED) is 0.335. The number of hydrogen-bond donors (Lipinski definition) is 0. The first-order valence-corrected chi connectivity index (χ1v) is 12.4. The molecule has 35 heavy (non-hydrogen) atoms. The van der Waals surface area contributed by atoms with E-state index in [1.165, 1.54) is 11.0 Å². The summed E-state index contributed by atoms with van der Waals surface area (Å²) in [5.74, 6) is -1.15. The van der Waals surface area contributed by atoms with Gasteiger partial charge in [-0.3, -0.25) is 14.6 Å². The largest absolute Gasteiger partial charge is 0.490 e. The summed E-state index contributed by atoms with van der Waals surface area (Å²) in [6.07, 6.45) is 0.670. The molecule has 1 aliphatic rings. The molecule has 2 aromatic heterocycles. The average molecular weight is 502 g/mol. The van der Waals surface area contributed by atoms with Crippen LogP contribution in [0, 0.1) is 11.6 Å². The summed E-state index contributed by atoms with van der Waals surface area (Å²) in [6.45, 7) is 6.50. The molecule has 1 amide bonds. The minimum absolute atomic E-state index is 0.0422. The van der Waals surface area contributed by atoms with Gasteiger partial charge in [0.25, 0.3) is 5.91 Å². The summed E-state index contributed by atoms with van der Waals surface area (Å²) in [7, 11) is 0. The zero-order valence-electron chi connectivity index (χ0n) is 19.3. The second kappa shape index (κ2) is 10.3. The normalized spacial score (nSPS) is 14.6. The molecule has 0 radical (unpaired) electrons. The lowest BCUT2D eigenvalue weighted by molar-refractivity contribution is 0.0376. The summed E-state index contributed by atoms with van der Waals surface area (Å²) in [4.78, 5) is 21.8. The van der Waals surface area contributed by atoms with E-state index in [9.17, 15) is 13.6 Å². The van der Waals surface area contributed by atoms with Crippen LogP contribution in [-0.2, 0) is 4.74 Å². The average Bonchev–Trinajstić information content (AvgIpc) is 3.48. The number of anilines is 1. The molecule has 7 nitrogen and oxygen atoms in total. The lowest BCUT2D eigenvalue weighted by Gasteiger charge is -2.27. The van der Waals surface area contributed by atoms with Gasteiger partial charge in [0.1, 0.15) is 11.3 Å². The topological polar surface area (TPSA) is 68.0 Å². The molecule has 0 spiro atoms. The Labute approximate surface area is 204 Å². The van der Waals surface area contributed by atoms with Crippen molar-refractivity contribution in [1.29, 1.82) is 0 Å². The number of morpholine rings is 1. The molecule has 0 saturated carbocycles. The number of aromatic nitrogens is 1. The van der Waals surface area contributed by atoms with Crippen molar-refractivity contribution >= 4 is 43.6 Å². The van der Waals surface area contributed by atoms with E-state index < -0.39 is 17.5 Å². The SMILES string of the molecule is CCOc1cccc2cc(C(=O)N(CCCN3CCOCC3)c3nc4c(F)cc(F)cc4s3)oc12. The van der Waals surface area contributed by atoms with E-state index >= 15 is 0 Å². The third kappa shape index (κ3) is 5.00. The molecule has 1 saturated heterocycles. The van der Waals surface area contributed by atoms with Crippen LogP contribution >= 0.6 is 11.3 Å². The number of rotatable bonds is 8. The van der Waals surface area contributed by atoms with Crippen LogP contribution in [0.4, 0.5) is 13.9 Å². The van der Waals surface area contributed by atoms with Gasteiger partial charge >= 0.3 is 0 Å². The second-order valence-corrected chi connectivity index (χ2v) is 9.22. The van der Waals surface area contributed by atoms with Gasteiger partial charge in [-0.15, -0.1) is 0 Å². The number of fused-ring (bicyclic) bond motifs is 2. The number of para-hydroxylation sites is 1. The Kier molecular flexibility index (Phi) is 6.94. The second-order valence-electron chi connectivity index (χ2n) is 8.21. The molecular weight excluding hydrogens is 476 g/mol. The maximum atomic E-state index is 14.3. The van der Waals surface area contributed by atoms with Gasteiger partial charge in [-0.2, -0.15) is 0 Å². The lowest BCUT2D eigenvalue weighted by atomic mass is 10.2. The molecule has 2 aromatic carbocycles. The van der Waals surface area contributed by atoms with Crippen LogP contribution in [0.2, 0.25) is 0 Å². The Morgan fingerprint density at radius 3 is 2.86 bits per heavy atom. The van der Waals surface area contributed by atoms with E-state index in [0.29, 0.717) is 54.0 Å². The van der Waals surface area contributed by atoms with E-state index in [0.717, 1.165) is 42.4 Å². The molecule has 0 atom stereocenters. The van der Waals surface area contributed by atoms with Gasteiger partial charge in [-0.1, -0.05) is 23.5 Å². The Balaban J connectivity index is 1.46. The summed E-state index contributed by atoms with van der Waals surface area (Å²) in [5.41, 5.74) is 0.531. The fourth-order valence-electron chi connectivity index (χ4n) is 4.17. The van der Waals surface area contributed by atoms with Crippen molar-refractivity contribution in [3.05, 3.63) is 53.8 Å². The minimum Gasteiger partial charge on any atom is -0.490 e. The van der Waals surface area contributed by atoms with E-state index in [1.807, 2.05) is 19.1 Å². The molecule has 1 fully saturated rings. The van der Waals surface area contributed by atoms with Crippen LogP contribution in [0.15, 0.2) is 40.8 Å². The Hall–Kier alpha value is -3.08. The number of thiazole rings is 1. The number of ether oxygens (including phenoxy) is 2. The predicted molar refractivity (Wildman–Crippen MR) is 130 cm³/mol. The maximum absolute atomic E-state index is 14.3. The van der Waals surface area contributed by atoms with Crippen molar-refractivity contribution in [2.45, 2.75) is 13.3 Å². The zero-order valence-corrected chi connectivity index (χ0v) is 20.1. The predicted octanol–water partition coefficient (Wildman–Crippen LogP) is 5.09. The van der Waals surface area contributed by atoms with Gasteiger partial charge in [0.05, 0.1) is 24.5 Å². The highest BCUT2D eigenvalue weighted by molar-refractivity contribution is 7.22. The van der Waals surface area contributed by atoms with Gasteiger partial charge in [0.15, 0.2) is 28.0 Å². The molecule has 3 heterocycles. The number of carbonyl (C=O) groups is 1. The van der Waals surface area contributed by atoms with Crippen LogP contribution in [0.25, 0.3) is 21.2 Å². The Morgan fingerprint density at radius 1 is 1.23 bits per heavy atom. The molecule has 1 aliphatic heterocycles. The van der Waals surface area contributed by atoms with Crippen LogP contribution in [0.1, 0.15) is 23.9 Å². The number of amides is 1. The van der Waals surface area contributed by atoms with Gasteiger partial charge in [0.2, 0.25) is 0 Å². The van der Waals surface area contributed by atoms with Crippen molar-refractivity contribution in [3.8, 4) is 5.75 Å². The third-order valence-corrected chi connectivity index (χ3v) is 6.88. The standard InChI is InChI=1S/C25H25F2N3O4S/c1-2-33-19-6-3-5-16-13-20(34-23(16)19)24(31)30(8-4-7-29-9-11-32-12-10-29)25-28-22-18(27)14-17(26)15-21(22)35-25/h3,5-6,13-15H,2,4,7-12H2,1H3. The number of benzene rings is 2. The van der Waals surface area contributed by atoms with E-state index in [-0.39, 0.29) is 11.3 Å². The molecular formula is C25H25F2N3O4S. The van der Waals surface area contributed by atoms with E-state index in [4.69, 9.17) is 13.9 Å². The molecule has 0 bridgehead atoms. The lowest BCUT2D eigenvalue weighted by Crippen LogP contribution is -2.39. The Bertz CT molecular complexity index is 1350. The van der Waals surface area contributed by atoms with Crippen molar-refractivity contribution in [2.24, 2.45) is 0 Å². The van der Waals surface area contributed by atoms with Crippen molar-refractivity contribution in [3.63, 3.8) is 0 Å². The fourth-order valence-corrected chi connectivity index (χ4v) is 5.20. The number of carbonyl (C=O) groups excluding carboxylic acids is 1. The summed E-state index contributed by atoms with van der Waals surface area (Å²) in [6, 6.07) is 9.16. The van der Waals surface area contributed by atoms with Crippen LogP contribution in [-0.4, -0.2) is 61.8 Å². The highest BCUT2D eigenvalue weighted by atomic mass is 32.1. The summed E-state index contributed by atoms with van der Waals surface area (Å²) >= 11 is 1.07. The summed E-state index contributed by atoms with van der Waals surface area (Å²) in [5, 5.41) is 1.03. The van der Waals surface area contributed by atoms with Crippen LogP contribution in [0.5, 0.6) is 5.75 Å². The van der Waals surface area contributed by atoms with Gasteiger partial charge in [-0.05, 0) is 31.5 Å². The first kappa shape index (κ1) is 23.7. The van der Waals surface area contributed by atoms with Crippen molar-refractivity contribution < 1.29 is 27.5 Å². The molecule has 0 unspecified atom stereocenters. The van der Waals surface area contributed by atoms with Gasteiger partial charge in [-0.25, -0.2) is 13.8 Å². The number of furan rings is 1. The number of hydrogen-bond acceptors (Lipinski definition) is 7. The monoisotopic (exact) mass is 501 g/mol. The highest BCUT2D eigenvalue weighted by Gasteiger charge is 2.26. The highest BCUT2D eigenvalue weighted by Crippen LogP contribution is 2.34. The summed E-state index contributed by atoms with van der Waals surface area (Å²) < 4.78 is 45.4. The molecule has 0 aliphatic carbocycles. The van der Waals surface area contributed by atoms with Gasteiger partial charge < -0.3 is 13.9 Å².